The van der Waals surface area contributed by atoms with Crippen molar-refractivity contribution < 1.29 is 19.4 Å². The zero-order valence-electron chi connectivity index (χ0n) is 16.2. The molecular weight excluding hydrogens is 344 g/mol. The predicted molar refractivity (Wildman–Crippen MR) is 106 cm³/mol. The summed E-state index contributed by atoms with van der Waals surface area (Å²) >= 11 is 0. The van der Waals surface area contributed by atoms with Crippen LogP contribution in [0.4, 0.5) is 0 Å². The van der Waals surface area contributed by atoms with Gasteiger partial charge in [-0.15, -0.1) is 0 Å². The van der Waals surface area contributed by atoms with Gasteiger partial charge in [-0.2, -0.15) is 5.10 Å². The van der Waals surface area contributed by atoms with Crippen LogP contribution < -0.4 is 14.9 Å². The van der Waals surface area contributed by atoms with Gasteiger partial charge in [0.25, 0.3) is 5.91 Å². The number of nitrogens with one attached hydrogen (secondary N) is 1. The molecule has 2 aromatic rings. The van der Waals surface area contributed by atoms with Crippen LogP contribution in [0.5, 0.6) is 17.2 Å². The van der Waals surface area contributed by atoms with Gasteiger partial charge in [-0.05, 0) is 60.7 Å². The van der Waals surface area contributed by atoms with Gasteiger partial charge in [0, 0.05) is 0 Å². The van der Waals surface area contributed by atoms with Crippen molar-refractivity contribution in [2.45, 2.75) is 33.6 Å². The number of carbonyl (C=O) groups is 1. The van der Waals surface area contributed by atoms with Gasteiger partial charge < -0.3 is 14.6 Å². The molecule has 2 rings (SSSR count). The third-order valence-corrected chi connectivity index (χ3v) is 3.84. The molecule has 0 saturated carbocycles. The number of phenolic OH excluding ortho intramolecular Hbond substituents is 1. The number of benzene rings is 2. The molecule has 0 aromatic heterocycles. The molecule has 0 aliphatic carbocycles. The first-order valence-electron chi connectivity index (χ1n) is 8.91. The molecule has 0 unspecified atom stereocenters. The lowest BCUT2D eigenvalue weighted by molar-refractivity contribution is -0.123. The lowest BCUT2D eigenvalue weighted by Crippen LogP contribution is -2.25. The van der Waals surface area contributed by atoms with Crippen LogP contribution in [0.15, 0.2) is 41.5 Å². The molecule has 6 nitrogen and oxygen atoms in total. The highest BCUT2D eigenvalue weighted by Crippen LogP contribution is 2.27. The second-order valence-electron chi connectivity index (χ2n) is 6.44. The number of ether oxygens (including phenoxy) is 2. The van der Waals surface area contributed by atoms with Gasteiger partial charge in [-0.25, -0.2) is 5.43 Å². The Hall–Kier alpha value is -3.02. The van der Waals surface area contributed by atoms with E-state index in [9.17, 15) is 9.90 Å². The van der Waals surface area contributed by atoms with E-state index in [2.05, 4.69) is 24.4 Å². The molecule has 2 aromatic carbocycles. The van der Waals surface area contributed by atoms with E-state index in [-0.39, 0.29) is 18.3 Å². The first-order valence-corrected chi connectivity index (χ1v) is 8.91. The third kappa shape index (κ3) is 6.02. The van der Waals surface area contributed by atoms with Gasteiger partial charge in [-0.3, -0.25) is 4.79 Å². The Morgan fingerprint density at radius 1 is 1.19 bits per heavy atom. The number of aryl methyl sites for hydroxylation is 1. The molecule has 6 heteroatoms. The molecule has 0 saturated heterocycles. The molecule has 0 spiro atoms. The van der Waals surface area contributed by atoms with Crippen molar-refractivity contribution in [2.24, 2.45) is 5.10 Å². The Morgan fingerprint density at radius 3 is 2.67 bits per heavy atom. The van der Waals surface area contributed by atoms with Gasteiger partial charge in [0.2, 0.25) is 0 Å². The standard InChI is InChI=1S/C21H26N2O4/c1-5-26-20-11-16(7-9-18(20)24)12-22-23-21(25)13-27-19-10-15(4)6-8-17(19)14(2)3/h6-12,14,24H,5,13H2,1-4H3,(H,23,25). The molecule has 0 atom stereocenters. The minimum absolute atomic E-state index is 0.0607. The summed E-state index contributed by atoms with van der Waals surface area (Å²) in [5.74, 6) is 1.09. The fourth-order valence-corrected chi connectivity index (χ4v) is 2.48. The average Bonchev–Trinajstić information content (AvgIpc) is 2.62. The van der Waals surface area contributed by atoms with E-state index in [1.54, 1.807) is 12.1 Å². The summed E-state index contributed by atoms with van der Waals surface area (Å²) < 4.78 is 11.0. The van der Waals surface area contributed by atoms with E-state index in [1.165, 1.54) is 12.3 Å². The zero-order valence-corrected chi connectivity index (χ0v) is 16.2. The molecule has 1 amide bonds. The number of amides is 1. The van der Waals surface area contributed by atoms with Crippen molar-refractivity contribution in [1.82, 2.24) is 5.43 Å². The number of hydrogen-bond acceptors (Lipinski definition) is 5. The smallest absolute Gasteiger partial charge is 0.277 e. The maximum absolute atomic E-state index is 12.0. The largest absolute Gasteiger partial charge is 0.504 e. The Bertz CT molecular complexity index is 816. The lowest BCUT2D eigenvalue weighted by Gasteiger charge is -2.14. The van der Waals surface area contributed by atoms with Crippen LogP contribution in [-0.4, -0.2) is 30.4 Å². The zero-order chi connectivity index (χ0) is 19.8. The lowest BCUT2D eigenvalue weighted by atomic mass is 10.0. The van der Waals surface area contributed by atoms with Crippen molar-refractivity contribution in [3.05, 3.63) is 53.1 Å². The Labute approximate surface area is 159 Å². The number of hydrogen-bond donors (Lipinski definition) is 2. The van der Waals surface area contributed by atoms with Gasteiger partial charge >= 0.3 is 0 Å². The number of nitrogens with zero attached hydrogens (tertiary/aromatic N) is 1. The van der Waals surface area contributed by atoms with E-state index in [0.29, 0.717) is 29.6 Å². The molecule has 0 fully saturated rings. The SMILES string of the molecule is CCOc1cc(C=NNC(=O)COc2cc(C)ccc2C(C)C)ccc1O. The molecule has 27 heavy (non-hydrogen) atoms. The summed E-state index contributed by atoms with van der Waals surface area (Å²) in [6.45, 7) is 8.29. The molecule has 0 aliphatic heterocycles. The van der Waals surface area contributed by atoms with Crippen LogP contribution in [0.25, 0.3) is 0 Å². The Morgan fingerprint density at radius 2 is 1.96 bits per heavy atom. The first-order chi connectivity index (χ1) is 12.9. The maximum atomic E-state index is 12.0. The van der Waals surface area contributed by atoms with Gasteiger partial charge in [-0.1, -0.05) is 26.0 Å². The summed E-state index contributed by atoms with van der Waals surface area (Å²) in [4.78, 5) is 12.0. The van der Waals surface area contributed by atoms with Gasteiger partial charge in [0.1, 0.15) is 5.75 Å². The van der Waals surface area contributed by atoms with Crippen LogP contribution in [-0.2, 0) is 4.79 Å². The predicted octanol–water partition coefficient (Wildman–Crippen LogP) is 3.75. The molecule has 0 radical (unpaired) electrons. The van der Waals surface area contributed by atoms with Gasteiger partial charge in [0.05, 0.1) is 12.8 Å². The maximum Gasteiger partial charge on any atom is 0.277 e. The van der Waals surface area contributed by atoms with Gasteiger partial charge in [0.15, 0.2) is 18.1 Å². The quantitative estimate of drug-likeness (QED) is 0.548. The van der Waals surface area contributed by atoms with E-state index < -0.39 is 0 Å². The number of aromatic hydroxyl groups is 1. The van der Waals surface area contributed by atoms with Crippen molar-refractivity contribution in [3.63, 3.8) is 0 Å². The molecule has 2 N–H and O–H groups in total. The van der Waals surface area contributed by atoms with Crippen molar-refractivity contribution in [3.8, 4) is 17.2 Å². The van der Waals surface area contributed by atoms with Crippen molar-refractivity contribution in [1.29, 1.82) is 0 Å². The summed E-state index contributed by atoms with van der Waals surface area (Å²) in [6.07, 6.45) is 1.48. The van der Waals surface area contributed by atoms with Crippen LogP contribution in [0.2, 0.25) is 0 Å². The minimum Gasteiger partial charge on any atom is -0.504 e. The molecule has 0 aliphatic rings. The summed E-state index contributed by atoms with van der Waals surface area (Å²) in [5, 5.41) is 13.6. The van der Waals surface area contributed by atoms with Crippen LogP contribution >= 0.6 is 0 Å². The van der Waals surface area contributed by atoms with E-state index in [0.717, 1.165) is 11.1 Å². The number of phenols is 1. The Kier molecular flexibility index (Phi) is 7.23. The fraction of sp³-hybridized carbons (Fsp3) is 0.333. The highest BCUT2D eigenvalue weighted by molar-refractivity contribution is 5.83. The number of hydrazone groups is 1. The number of rotatable bonds is 8. The minimum atomic E-state index is -0.355. The second-order valence-corrected chi connectivity index (χ2v) is 6.44. The molecule has 0 heterocycles. The van der Waals surface area contributed by atoms with E-state index in [1.807, 2.05) is 32.0 Å². The second kappa shape index (κ2) is 9.62. The first kappa shape index (κ1) is 20.3. The fourth-order valence-electron chi connectivity index (χ4n) is 2.48. The summed E-state index contributed by atoms with van der Waals surface area (Å²) in [6, 6.07) is 10.8. The summed E-state index contributed by atoms with van der Waals surface area (Å²) in [7, 11) is 0. The highest BCUT2D eigenvalue weighted by atomic mass is 16.5. The highest BCUT2D eigenvalue weighted by Gasteiger charge is 2.10. The molecule has 144 valence electrons. The monoisotopic (exact) mass is 370 g/mol. The van der Waals surface area contributed by atoms with Crippen LogP contribution in [0.1, 0.15) is 43.4 Å². The van der Waals surface area contributed by atoms with Crippen LogP contribution in [0.3, 0.4) is 0 Å². The average molecular weight is 370 g/mol. The summed E-state index contributed by atoms with van der Waals surface area (Å²) in [5.41, 5.74) is 5.26. The van der Waals surface area contributed by atoms with E-state index in [4.69, 9.17) is 9.47 Å². The molecule has 0 bridgehead atoms. The van der Waals surface area contributed by atoms with Crippen molar-refractivity contribution in [2.75, 3.05) is 13.2 Å². The Balaban J connectivity index is 1.93. The van der Waals surface area contributed by atoms with Crippen molar-refractivity contribution >= 4 is 12.1 Å². The van der Waals surface area contributed by atoms with E-state index >= 15 is 0 Å². The molecular formula is C21H26N2O4. The third-order valence-electron chi connectivity index (χ3n) is 3.84. The number of carbonyl (C=O) groups excluding carboxylic acids is 1. The van der Waals surface area contributed by atoms with Crippen LogP contribution in [0, 0.1) is 6.92 Å². The normalized spacial score (nSPS) is 11.0. The topological polar surface area (TPSA) is 80.2 Å².